The molecule has 0 spiro atoms. The van der Waals surface area contributed by atoms with E-state index in [2.05, 4.69) is 60.6 Å². The Bertz CT molecular complexity index is 274. The van der Waals surface area contributed by atoms with Gasteiger partial charge in [-0.15, -0.1) is 0 Å². The second-order valence-electron chi connectivity index (χ2n) is 9.00. The van der Waals surface area contributed by atoms with E-state index in [1.54, 1.807) is 0 Å². The lowest BCUT2D eigenvalue weighted by Crippen LogP contribution is -2.01. The highest BCUT2D eigenvalue weighted by Gasteiger charge is 2.07. The van der Waals surface area contributed by atoms with Crippen LogP contribution < -0.4 is 0 Å². The zero-order chi connectivity index (χ0) is 17.7. The summed E-state index contributed by atoms with van der Waals surface area (Å²) in [4.78, 5) is 0. The first-order chi connectivity index (χ1) is 10.8. The first-order valence-corrected chi connectivity index (χ1v) is 10.5. The van der Waals surface area contributed by atoms with Crippen molar-refractivity contribution in [2.45, 2.75) is 106 Å². The molecular formula is C23H46. The lowest BCUT2D eigenvalue weighted by atomic mass is 9.91. The highest BCUT2D eigenvalue weighted by Crippen LogP contribution is 2.22. The van der Waals surface area contributed by atoms with Gasteiger partial charge in [0.25, 0.3) is 0 Å². The quantitative estimate of drug-likeness (QED) is 0.282. The van der Waals surface area contributed by atoms with Crippen molar-refractivity contribution >= 4 is 0 Å². The SMILES string of the molecule is CC(C)/C=C/C(C)CCCC(C)CCCC(C)CCCC(C)C. The summed E-state index contributed by atoms with van der Waals surface area (Å²) in [5.41, 5.74) is 0. The van der Waals surface area contributed by atoms with Gasteiger partial charge in [0.05, 0.1) is 0 Å². The molecule has 23 heavy (non-hydrogen) atoms. The van der Waals surface area contributed by atoms with Crippen molar-refractivity contribution in [2.75, 3.05) is 0 Å². The molecule has 0 saturated carbocycles. The fourth-order valence-corrected chi connectivity index (χ4v) is 3.27. The lowest BCUT2D eigenvalue weighted by Gasteiger charge is -2.15. The molecule has 0 radical (unpaired) electrons. The minimum Gasteiger partial charge on any atom is -0.0857 e. The first-order valence-electron chi connectivity index (χ1n) is 10.5. The topological polar surface area (TPSA) is 0 Å². The fourth-order valence-electron chi connectivity index (χ4n) is 3.27. The normalized spacial score (nSPS) is 16.4. The Hall–Kier alpha value is -0.260. The Morgan fingerprint density at radius 2 is 0.957 bits per heavy atom. The number of rotatable bonds is 14. The molecule has 0 aliphatic heterocycles. The minimum absolute atomic E-state index is 0.693. The summed E-state index contributed by atoms with van der Waals surface area (Å²) in [5.74, 6) is 4.17. The van der Waals surface area contributed by atoms with Crippen molar-refractivity contribution in [1.82, 2.24) is 0 Å². The molecule has 0 nitrogen and oxygen atoms in total. The summed E-state index contributed by atoms with van der Waals surface area (Å²) in [5, 5.41) is 0. The summed E-state index contributed by atoms with van der Waals surface area (Å²) < 4.78 is 0. The molecule has 0 bridgehead atoms. The molecule has 0 aliphatic rings. The summed E-state index contributed by atoms with van der Waals surface area (Å²) in [6, 6.07) is 0. The van der Waals surface area contributed by atoms with Gasteiger partial charge in [-0.25, -0.2) is 0 Å². The molecule has 0 aromatic carbocycles. The van der Waals surface area contributed by atoms with E-state index in [1.807, 2.05) is 0 Å². The summed E-state index contributed by atoms with van der Waals surface area (Å²) in [6.45, 7) is 16.5. The molecule has 0 N–H and O–H groups in total. The third kappa shape index (κ3) is 16.4. The number of allylic oxidation sites excluding steroid dienone is 2. The third-order valence-electron chi connectivity index (χ3n) is 5.05. The van der Waals surface area contributed by atoms with Crippen molar-refractivity contribution in [1.29, 1.82) is 0 Å². The van der Waals surface area contributed by atoms with Gasteiger partial charge in [0.2, 0.25) is 0 Å². The maximum absolute atomic E-state index is 2.46. The maximum Gasteiger partial charge on any atom is -0.0262 e. The van der Waals surface area contributed by atoms with E-state index in [1.165, 1.54) is 57.8 Å². The van der Waals surface area contributed by atoms with Gasteiger partial charge in [-0.2, -0.15) is 0 Å². The Morgan fingerprint density at radius 1 is 0.522 bits per heavy atom. The van der Waals surface area contributed by atoms with Crippen molar-refractivity contribution in [2.24, 2.45) is 29.6 Å². The van der Waals surface area contributed by atoms with Gasteiger partial charge in [0.1, 0.15) is 0 Å². The van der Waals surface area contributed by atoms with E-state index in [9.17, 15) is 0 Å². The fraction of sp³-hybridized carbons (Fsp3) is 0.913. The Labute approximate surface area is 148 Å². The smallest absolute Gasteiger partial charge is 0.0262 e. The Kier molecular flexibility index (Phi) is 14.0. The lowest BCUT2D eigenvalue weighted by molar-refractivity contribution is 0.383. The van der Waals surface area contributed by atoms with Crippen LogP contribution in [0.3, 0.4) is 0 Å². The highest BCUT2D eigenvalue weighted by molar-refractivity contribution is 4.88. The van der Waals surface area contributed by atoms with Gasteiger partial charge in [-0.1, -0.05) is 112 Å². The van der Waals surface area contributed by atoms with Gasteiger partial charge in [0.15, 0.2) is 0 Å². The van der Waals surface area contributed by atoms with Crippen LogP contribution in [0.5, 0.6) is 0 Å². The van der Waals surface area contributed by atoms with Gasteiger partial charge >= 0.3 is 0 Å². The van der Waals surface area contributed by atoms with Crippen LogP contribution in [0.15, 0.2) is 12.2 Å². The molecule has 0 saturated heterocycles. The molecule has 0 aromatic rings. The Balaban J connectivity index is 3.58. The average molecular weight is 323 g/mol. The zero-order valence-electron chi connectivity index (χ0n) is 17.4. The summed E-state index contributed by atoms with van der Waals surface area (Å²) in [7, 11) is 0. The largest absolute Gasteiger partial charge is 0.0857 e. The highest BCUT2D eigenvalue weighted by atomic mass is 14.1. The average Bonchev–Trinajstić information content (AvgIpc) is 2.44. The number of hydrogen-bond acceptors (Lipinski definition) is 0. The second-order valence-corrected chi connectivity index (χ2v) is 9.00. The first kappa shape index (κ1) is 22.7. The molecule has 3 unspecified atom stereocenters. The standard InChI is InChI=1S/C23H46/c1-19(2)11-8-12-21(5)13-9-14-22(6)15-10-16-23(7)18-17-20(3)4/h17-23H,8-16H2,1-7H3/b18-17+. The molecule has 0 rings (SSSR count). The van der Waals surface area contributed by atoms with Crippen LogP contribution in [0.1, 0.15) is 106 Å². The summed E-state index contributed by atoms with van der Waals surface area (Å²) >= 11 is 0. The number of hydrogen-bond donors (Lipinski definition) is 0. The van der Waals surface area contributed by atoms with E-state index in [4.69, 9.17) is 0 Å². The van der Waals surface area contributed by atoms with E-state index in [0.717, 1.165) is 23.7 Å². The molecule has 0 amide bonds. The van der Waals surface area contributed by atoms with E-state index >= 15 is 0 Å². The molecule has 0 aromatic heterocycles. The predicted octanol–water partition coefficient (Wildman–Crippen LogP) is 8.27. The molecule has 138 valence electrons. The van der Waals surface area contributed by atoms with Crippen LogP contribution in [0.2, 0.25) is 0 Å². The van der Waals surface area contributed by atoms with E-state index in [0.29, 0.717) is 5.92 Å². The molecule has 3 atom stereocenters. The van der Waals surface area contributed by atoms with E-state index in [-0.39, 0.29) is 0 Å². The van der Waals surface area contributed by atoms with Gasteiger partial charge in [-0.3, -0.25) is 0 Å². The predicted molar refractivity (Wildman–Crippen MR) is 108 cm³/mol. The minimum atomic E-state index is 0.693. The zero-order valence-corrected chi connectivity index (χ0v) is 17.4. The van der Waals surface area contributed by atoms with Gasteiger partial charge < -0.3 is 0 Å². The van der Waals surface area contributed by atoms with Crippen LogP contribution in [-0.4, -0.2) is 0 Å². The molecular weight excluding hydrogens is 276 g/mol. The van der Waals surface area contributed by atoms with E-state index < -0.39 is 0 Å². The van der Waals surface area contributed by atoms with Crippen LogP contribution in [0.4, 0.5) is 0 Å². The van der Waals surface area contributed by atoms with Crippen molar-refractivity contribution in [3.63, 3.8) is 0 Å². The monoisotopic (exact) mass is 322 g/mol. The van der Waals surface area contributed by atoms with Crippen LogP contribution >= 0.6 is 0 Å². The molecule has 0 heteroatoms. The molecule has 0 aliphatic carbocycles. The summed E-state index contributed by atoms with van der Waals surface area (Å²) in [6.07, 6.45) is 17.5. The Morgan fingerprint density at radius 3 is 1.39 bits per heavy atom. The maximum atomic E-state index is 2.46. The molecule has 0 heterocycles. The second kappa shape index (κ2) is 14.1. The van der Waals surface area contributed by atoms with Crippen LogP contribution in [-0.2, 0) is 0 Å². The molecule has 0 fully saturated rings. The van der Waals surface area contributed by atoms with Crippen LogP contribution in [0, 0.1) is 29.6 Å². The van der Waals surface area contributed by atoms with Crippen molar-refractivity contribution in [3.8, 4) is 0 Å². The van der Waals surface area contributed by atoms with Gasteiger partial charge in [0, 0.05) is 0 Å². The third-order valence-corrected chi connectivity index (χ3v) is 5.05. The van der Waals surface area contributed by atoms with Crippen molar-refractivity contribution in [3.05, 3.63) is 12.2 Å². The van der Waals surface area contributed by atoms with Gasteiger partial charge in [-0.05, 0) is 36.0 Å². The van der Waals surface area contributed by atoms with Crippen LogP contribution in [0.25, 0.3) is 0 Å². The van der Waals surface area contributed by atoms with Crippen molar-refractivity contribution < 1.29 is 0 Å².